The van der Waals surface area contributed by atoms with Crippen molar-refractivity contribution in [1.29, 1.82) is 0 Å². The van der Waals surface area contributed by atoms with Gasteiger partial charge in [-0.3, -0.25) is 14.9 Å². The molecular weight excluding hydrogens is 246 g/mol. The highest BCUT2D eigenvalue weighted by Crippen LogP contribution is 2.12. The molecule has 1 aromatic carbocycles. The summed E-state index contributed by atoms with van der Waals surface area (Å²) in [4.78, 5) is 21.9. The summed E-state index contributed by atoms with van der Waals surface area (Å²) < 4.78 is 0. The molecule has 0 saturated carbocycles. The van der Waals surface area contributed by atoms with Crippen LogP contribution in [-0.2, 0) is 11.2 Å². The Morgan fingerprint density at radius 3 is 2.74 bits per heavy atom. The van der Waals surface area contributed by atoms with E-state index >= 15 is 0 Å². The van der Waals surface area contributed by atoms with Gasteiger partial charge < -0.3 is 10.6 Å². The van der Waals surface area contributed by atoms with Crippen LogP contribution in [0.3, 0.4) is 0 Å². The Balaban J connectivity index is 1.85. The molecule has 0 aliphatic carbocycles. The van der Waals surface area contributed by atoms with E-state index in [2.05, 4.69) is 10.6 Å². The smallest absolute Gasteiger partial charge is 0.269 e. The van der Waals surface area contributed by atoms with Gasteiger partial charge in [0.15, 0.2) is 0 Å². The Morgan fingerprint density at radius 2 is 2.16 bits per heavy atom. The van der Waals surface area contributed by atoms with Crippen LogP contribution in [0.1, 0.15) is 18.4 Å². The van der Waals surface area contributed by atoms with E-state index in [0.717, 1.165) is 31.5 Å². The molecule has 1 heterocycles. The zero-order chi connectivity index (χ0) is 13.7. The number of piperidine rings is 1. The topological polar surface area (TPSA) is 84.3 Å². The van der Waals surface area contributed by atoms with Gasteiger partial charge in [0, 0.05) is 24.7 Å². The lowest BCUT2D eigenvalue weighted by Gasteiger charge is -2.23. The lowest BCUT2D eigenvalue weighted by Crippen LogP contribution is -2.46. The van der Waals surface area contributed by atoms with E-state index in [1.54, 1.807) is 12.1 Å². The number of nitro benzene ring substituents is 1. The minimum absolute atomic E-state index is 0.0393. The number of nitrogens with zero attached hydrogens (tertiary/aromatic N) is 1. The average Bonchev–Trinajstić information content (AvgIpc) is 2.40. The van der Waals surface area contributed by atoms with Crippen LogP contribution in [0.2, 0.25) is 0 Å². The van der Waals surface area contributed by atoms with Gasteiger partial charge in [-0.2, -0.15) is 0 Å². The van der Waals surface area contributed by atoms with Gasteiger partial charge in [-0.25, -0.2) is 0 Å². The zero-order valence-electron chi connectivity index (χ0n) is 10.6. The number of amides is 1. The van der Waals surface area contributed by atoms with Crippen molar-refractivity contribution < 1.29 is 9.72 Å². The third-order valence-electron chi connectivity index (χ3n) is 3.17. The Bertz CT molecular complexity index is 453. The molecule has 1 fully saturated rings. The number of hydrogen-bond acceptors (Lipinski definition) is 4. The van der Waals surface area contributed by atoms with Crippen LogP contribution >= 0.6 is 0 Å². The minimum atomic E-state index is -0.447. The molecule has 102 valence electrons. The van der Waals surface area contributed by atoms with Gasteiger partial charge in [0.05, 0.1) is 11.3 Å². The van der Waals surface area contributed by atoms with E-state index < -0.39 is 4.92 Å². The van der Waals surface area contributed by atoms with Crippen LogP contribution in [0.5, 0.6) is 0 Å². The van der Waals surface area contributed by atoms with Gasteiger partial charge in [-0.05, 0) is 24.9 Å². The first-order valence-corrected chi connectivity index (χ1v) is 6.38. The molecule has 1 aliphatic heterocycles. The maximum atomic E-state index is 11.8. The summed E-state index contributed by atoms with van der Waals surface area (Å²) >= 11 is 0. The van der Waals surface area contributed by atoms with Crippen molar-refractivity contribution >= 4 is 11.6 Å². The van der Waals surface area contributed by atoms with Gasteiger partial charge >= 0.3 is 0 Å². The predicted molar refractivity (Wildman–Crippen MR) is 70.8 cm³/mol. The molecule has 1 amide bonds. The van der Waals surface area contributed by atoms with Crippen molar-refractivity contribution in [1.82, 2.24) is 10.6 Å². The molecule has 6 nitrogen and oxygen atoms in total. The summed E-state index contributed by atoms with van der Waals surface area (Å²) in [6.07, 6.45) is 2.33. The second-order valence-corrected chi connectivity index (χ2v) is 4.71. The normalized spacial score (nSPS) is 18.8. The number of nitrogens with one attached hydrogen (secondary N) is 2. The largest absolute Gasteiger partial charge is 0.352 e. The third-order valence-corrected chi connectivity index (χ3v) is 3.17. The standard InChI is InChI=1S/C13H17N3O3/c17-13(15-11-2-1-7-14-9-11)8-10-3-5-12(6-4-10)16(18)19/h3-6,11,14H,1-2,7-9H2,(H,15,17)/t11-/m1/s1. The molecular formula is C13H17N3O3. The van der Waals surface area contributed by atoms with Crippen LogP contribution in [0.15, 0.2) is 24.3 Å². The Morgan fingerprint density at radius 1 is 1.42 bits per heavy atom. The first kappa shape index (κ1) is 13.5. The number of hydrogen-bond donors (Lipinski definition) is 2. The Labute approximate surface area is 111 Å². The molecule has 6 heteroatoms. The van der Waals surface area contributed by atoms with Gasteiger partial charge in [-0.1, -0.05) is 12.1 Å². The third kappa shape index (κ3) is 4.03. The lowest BCUT2D eigenvalue weighted by molar-refractivity contribution is -0.384. The van der Waals surface area contributed by atoms with E-state index in [4.69, 9.17) is 0 Å². The van der Waals surface area contributed by atoms with Crippen molar-refractivity contribution in [2.45, 2.75) is 25.3 Å². The second kappa shape index (κ2) is 6.29. The Kier molecular flexibility index (Phi) is 4.46. The summed E-state index contributed by atoms with van der Waals surface area (Å²) in [5.41, 5.74) is 0.826. The van der Waals surface area contributed by atoms with Crippen molar-refractivity contribution in [3.05, 3.63) is 39.9 Å². The van der Waals surface area contributed by atoms with Gasteiger partial charge in [-0.15, -0.1) is 0 Å². The molecule has 1 aliphatic rings. The van der Waals surface area contributed by atoms with E-state index in [0.29, 0.717) is 0 Å². The van der Waals surface area contributed by atoms with E-state index in [1.165, 1.54) is 12.1 Å². The molecule has 1 aromatic rings. The molecule has 0 aromatic heterocycles. The summed E-state index contributed by atoms with van der Waals surface area (Å²) in [6.45, 7) is 1.82. The van der Waals surface area contributed by atoms with E-state index in [9.17, 15) is 14.9 Å². The second-order valence-electron chi connectivity index (χ2n) is 4.71. The minimum Gasteiger partial charge on any atom is -0.352 e. The molecule has 0 spiro atoms. The van der Waals surface area contributed by atoms with Crippen LogP contribution in [0.25, 0.3) is 0 Å². The number of benzene rings is 1. The SMILES string of the molecule is O=C(Cc1ccc([N+](=O)[O-])cc1)N[C@@H]1CCCNC1. The predicted octanol–water partition coefficient (Wildman–Crippen LogP) is 1.01. The van der Waals surface area contributed by atoms with Gasteiger partial charge in [0.2, 0.25) is 5.91 Å². The maximum Gasteiger partial charge on any atom is 0.269 e. The number of carbonyl (C=O) groups is 1. The highest BCUT2D eigenvalue weighted by molar-refractivity contribution is 5.79. The lowest BCUT2D eigenvalue weighted by atomic mass is 10.1. The summed E-state index contributed by atoms with van der Waals surface area (Å²) in [5.74, 6) is -0.0393. The molecule has 2 rings (SSSR count). The van der Waals surface area contributed by atoms with Crippen molar-refractivity contribution in [2.24, 2.45) is 0 Å². The van der Waals surface area contributed by atoms with Crippen molar-refractivity contribution in [2.75, 3.05) is 13.1 Å². The molecule has 1 saturated heterocycles. The Hall–Kier alpha value is -1.95. The summed E-state index contributed by atoms with van der Waals surface area (Å²) in [6, 6.07) is 6.28. The van der Waals surface area contributed by atoms with Crippen LogP contribution < -0.4 is 10.6 Å². The number of non-ortho nitro benzene ring substituents is 1. The quantitative estimate of drug-likeness (QED) is 0.627. The van der Waals surface area contributed by atoms with Crippen molar-refractivity contribution in [3.63, 3.8) is 0 Å². The first-order chi connectivity index (χ1) is 9.15. The number of carbonyl (C=O) groups excluding carboxylic acids is 1. The molecule has 0 radical (unpaired) electrons. The fourth-order valence-corrected chi connectivity index (χ4v) is 2.17. The molecule has 2 N–H and O–H groups in total. The summed E-state index contributed by atoms with van der Waals surface area (Å²) in [7, 11) is 0. The fraction of sp³-hybridized carbons (Fsp3) is 0.462. The zero-order valence-corrected chi connectivity index (χ0v) is 10.6. The van der Waals surface area contributed by atoms with Crippen LogP contribution in [0.4, 0.5) is 5.69 Å². The fourth-order valence-electron chi connectivity index (χ4n) is 2.17. The van der Waals surface area contributed by atoms with E-state index in [-0.39, 0.29) is 24.1 Å². The number of rotatable bonds is 4. The molecule has 1 atom stereocenters. The van der Waals surface area contributed by atoms with E-state index in [1.807, 2.05) is 0 Å². The van der Waals surface area contributed by atoms with Gasteiger partial charge in [0.1, 0.15) is 0 Å². The highest BCUT2D eigenvalue weighted by atomic mass is 16.6. The average molecular weight is 263 g/mol. The summed E-state index contributed by atoms with van der Waals surface area (Å²) in [5, 5.41) is 16.7. The number of nitro groups is 1. The van der Waals surface area contributed by atoms with Gasteiger partial charge in [0.25, 0.3) is 5.69 Å². The molecule has 0 bridgehead atoms. The maximum absolute atomic E-state index is 11.8. The monoisotopic (exact) mass is 263 g/mol. The van der Waals surface area contributed by atoms with Crippen molar-refractivity contribution in [3.8, 4) is 0 Å². The first-order valence-electron chi connectivity index (χ1n) is 6.38. The molecule has 19 heavy (non-hydrogen) atoms. The van der Waals surface area contributed by atoms with Crippen LogP contribution in [0, 0.1) is 10.1 Å². The van der Waals surface area contributed by atoms with Crippen LogP contribution in [-0.4, -0.2) is 30.0 Å². The molecule has 0 unspecified atom stereocenters. The highest BCUT2D eigenvalue weighted by Gasteiger charge is 2.15.